The number of anilines is 1. The van der Waals surface area contributed by atoms with Crippen molar-refractivity contribution in [2.45, 2.75) is 11.8 Å². The second kappa shape index (κ2) is 10.2. The molecule has 3 aromatic carbocycles. The summed E-state index contributed by atoms with van der Waals surface area (Å²) in [4.78, 5) is 16.7. The zero-order chi connectivity index (χ0) is 24.8. The van der Waals surface area contributed by atoms with Gasteiger partial charge in [-0.3, -0.25) is 14.5 Å². The van der Waals surface area contributed by atoms with E-state index in [2.05, 4.69) is 20.2 Å². The quantitative estimate of drug-likeness (QED) is 0.254. The van der Waals surface area contributed by atoms with Gasteiger partial charge in [-0.25, -0.2) is 13.8 Å². The van der Waals surface area contributed by atoms with Crippen LogP contribution in [0.1, 0.15) is 22.8 Å². The Morgan fingerprint density at radius 3 is 2.51 bits per heavy atom. The lowest BCUT2D eigenvalue weighted by Gasteiger charge is -2.09. The van der Waals surface area contributed by atoms with Gasteiger partial charge in [0.25, 0.3) is 15.9 Å². The molecule has 178 valence electrons. The number of carbonyl (C=O) groups is 1. The monoisotopic (exact) mass is 490 g/mol. The number of benzene rings is 3. The van der Waals surface area contributed by atoms with Crippen molar-refractivity contribution in [3.63, 3.8) is 0 Å². The molecule has 0 fully saturated rings. The number of carbonyl (C=O) groups excluding carboxylic acids is 1. The summed E-state index contributed by atoms with van der Waals surface area (Å²) < 4.78 is 33.0. The number of sulfonamides is 1. The van der Waals surface area contributed by atoms with Crippen molar-refractivity contribution in [1.82, 2.24) is 10.4 Å². The summed E-state index contributed by atoms with van der Waals surface area (Å²) in [7, 11) is -3.80. The minimum Gasteiger partial charge on any atom is -0.506 e. The van der Waals surface area contributed by atoms with Crippen LogP contribution in [0.3, 0.4) is 0 Å². The zero-order valence-electron chi connectivity index (χ0n) is 18.7. The number of ether oxygens (including phenoxy) is 1. The number of aromatic nitrogens is 1. The molecule has 1 heterocycles. The molecular formula is C25H22N4O5S. The molecule has 35 heavy (non-hydrogen) atoms. The molecular weight excluding hydrogens is 468 g/mol. The molecule has 3 N–H and O–H groups in total. The first kappa shape index (κ1) is 23.7. The van der Waals surface area contributed by atoms with Gasteiger partial charge in [0.2, 0.25) is 0 Å². The molecule has 0 saturated carbocycles. The van der Waals surface area contributed by atoms with Gasteiger partial charge in [0.1, 0.15) is 17.0 Å². The Labute approximate surface area is 202 Å². The molecule has 0 aliphatic rings. The molecule has 0 aliphatic heterocycles. The van der Waals surface area contributed by atoms with Crippen molar-refractivity contribution in [3.05, 3.63) is 90.1 Å². The van der Waals surface area contributed by atoms with E-state index in [4.69, 9.17) is 4.74 Å². The first-order chi connectivity index (χ1) is 16.9. The normalized spacial score (nSPS) is 11.5. The van der Waals surface area contributed by atoms with Crippen molar-refractivity contribution in [2.75, 3.05) is 11.3 Å². The highest BCUT2D eigenvalue weighted by Gasteiger charge is 2.15. The van der Waals surface area contributed by atoms with Gasteiger partial charge in [-0.2, -0.15) is 5.10 Å². The minimum absolute atomic E-state index is 0.0556. The SMILES string of the molecule is CCOc1ccc(S(=O)(=O)Nc2ccc(C(=O)NN=Cc3ccc(O)c4ncccc34)cc2)cc1. The predicted octanol–water partition coefficient (Wildman–Crippen LogP) is 3.90. The van der Waals surface area contributed by atoms with E-state index in [9.17, 15) is 18.3 Å². The number of amides is 1. The van der Waals surface area contributed by atoms with Gasteiger partial charge < -0.3 is 9.84 Å². The Morgan fingerprint density at radius 1 is 1.06 bits per heavy atom. The maximum Gasteiger partial charge on any atom is 0.271 e. The number of nitrogens with zero attached hydrogens (tertiary/aromatic N) is 2. The highest BCUT2D eigenvalue weighted by Crippen LogP contribution is 2.24. The van der Waals surface area contributed by atoms with Crippen LogP contribution in [0.2, 0.25) is 0 Å². The molecule has 1 amide bonds. The average molecular weight is 491 g/mol. The van der Waals surface area contributed by atoms with E-state index < -0.39 is 15.9 Å². The van der Waals surface area contributed by atoms with Gasteiger partial charge in [0.15, 0.2) is 0 Å². The lowest BCUT2D eigenvalue weighted by atomic mass is 10.1. The molecule has 9 nitrogen and oxygen atoms in total. The minimum atomic E-state index is -3.80. The molecule has 0 radical (unpaired) electrons. The van der Waals surface area contributed by atoms with Crippen LogP contribution >= 0.6 is 0 Å². The Kier molecular flexibility index (Phi) is 6.93. The number of pyridine rings is 1. The van der Waals surface area contributed by atoms with Crippen LogP contribution in [0.25, 0.3) is 10.9 Å². The zero-order valence-corrected chi connectivity index (χ0v) is 19.5. The molecule has 0 aliphatic carbocycles. The smallest absolute Gasteiger partial charge is 0.271 e. The lowest BCUT2D eigenvalue weighted by molar-refractivity contribution is 0.0955. The maximum absolute atomic E-state index is 12.6. The molecule has 0 bridgehead atoms. The van der Waals surface area contributed by atoms with Gasteiger partial charge >= 0.3 is 0 Å². The maximum atomic E-state index is 12.6. The summed E-state index contributed by atoms with van der Waals surface area (Å²) in [6.45, 7) is 2.33. The first-order valence-corrected chi connectivity index (χ1v) is 12.1. The van der Waals surface area contributed by atoms with Crippen molar-refractivity contribution < 1.29 is 23.1 Å². The van der Waals surface area contributed by atoms with Crippen LogP contribution in [0.4, 0.5) is 5.69 Å². The summed E-state index contributed by atoms with van der Waals surface area (Å²) in [6, 6.07) is 18.7. The third-order valence-corrected chi connectivity index (χ3v) is 6.39. The van der Waals surface area contributed by atoms with Crippen molar-refractivity contribution >= 4 is 38.7 Å². The first-order valence-electron chi connectivity index (χ1n) is 10.6. The Hall–Kier alpha value is -4.44. The predicted molar refractivity (Wildman–Crippen MR) is 133 cm³/mol. The lowest BCUT2D eigenvalue weighted by Crippen LogP contribution is -2.18. The summed E-state index contributed by atoms with van der Waals surface area (Å²) >= 11 is 0. The number of aromatic hydroxyl groups is 1. The highest BCUT2D eigenvalue weighted by atomic mass is 32.2. The van der Waals surface area contributed by atoms with Crippen molar-refractivity contribution in [1.29, 1.82) is 0 Å². The molecule has 4 aromatic rings. The average Bonchev–Trinajstić information content (AvgIpc) is 2.86. The molecule has 0 atom stereocenters. The fraction of sp³-hybridized carbons (Fsp3) is 0.0800. The van der Waals surface area contributed by atoms with E-state index in [0.29, 0.717) is 40.1 Å². The largest absolute Gasteiger partial charge is 0.506 e. The molecule has 10 heteroatoms. The van der Waals surface area contributed by atoms with Crippen LogP contribution in [-0.4, -0.2) is 37.2 Å². The van der Waals surface area contributed by atoms with Gasteiger partial charge in [-0.15, -0.1) is 0 Å². The third-order valence-electron chi connectivity index (χ3n) is 5.00. The number of hydrogen-bond donors (Lipinski definition) is 3. The van der Waals surface area contributed by atoms with Gasteiger partial charge in [0.05, 0.1) is 17.7 Å². The fourth-order valence-electron chi connectivity index (χ4n) is 3.30. The number of phenols is 1. The van der Waals surface area contributed by atoms with Crippen LogP contribution in [0, 0.1) is 0 Å². The number of nitrogens with one attached hydrogen (secondary N) is 2. The van der Waals surface area contributed by atoms with E-state index in [1.165, 1.54) is 48.7 Å². The highest BCUT2D eigenvalue weighted by molar-refractivity contribution is 7.92. The van der Waals surface area contributed by atoms with Gasteiger partial charge in [-0.1, -0.05) is 6.07 Å². The van der Waals surface area contributed by atoms with Crippen molar-refractivity contribution in [2.24, 2.45) is 5.10 Å². The summed E-state index contributed by atoms with van der Waals surface area (Å²) in [6.07, 6.45) is 3.04. The third kappa shape index (κ3) is 5.56. The summed E-state index contributed by atoms with van der Waals surface area (Å²) in [5, 5.41) is 14.6. The van der Waals surface area contributed by atoms with E-state index >= 15 is 0 Å². The number of hydrazone groups is 1. The number of hydrogen-bond acceptors (Lipinski definition) is 7. The van der Waals surface area contributed by atoms with Gasteiger partial charge in [0, 0.05) is 28.4 Å². The van der Waals surface area contributed by atoms with Crippen LogP contribution in [-0.2, 0) is 10.0 Å². The molecule has 4 rings (SSSR count). The van der Waals surface area contributed by atoms with E-state index in [1.54, 1.807) is 36.5 Å². The molecule has 1 aromatic heterocycles. The number of fused-ring (bicyclic) bond motifs is 1. The Bertz CT molecular complexity index is 1490. The topological polar surface area (TPSA) is 130 Å². The Balaban J connectivity index is 1.40. The second-order valence-electron chi connectivity index (χ2n) is 7.36. The van der Waals surface area contributed by atoms with Crippen LogP contribution in [0.15, 0.2) is 89.0 Å². The Morgan fingerprint density at radius 2 is 1.80 bits per heavy atom. The fourth-order valence-corrected chi connectivity index (χ4v) is 4.36. The number of phenolic OH excluding ortho intramolecular Hbond substituents is 1. The van der Waals surface area contributed by atoms with E-state index in [0.717, 1.165) is 0 Å². The summed E-state index contributed by atoms with van der Waals surface area (Å²) in [5.74, 6) is 0.170. The second-order valence-corrected chi connectivity index (χ2v) is 9.04. The standard InChI is InChI=1S/C25H22N4O5S/c1-2-34-20-10-12-21(13-11-20)35(32,33)29-19-8-5-17(6-9-19)25(31)28-27-16-18-7-14-23(30)24-22(18)4-3-15-26-24/h3-16,29-30H,2H2,1H3,(H,28,31). The molecule has 0 unspecified atom stereocenters. The van der Waals surface area contributed by atoms with Crippen LogP contribution in [0.5, 0.6) is 11.5 Å². The number of rotatable bonds is 8. The molecule has 0 spiro atoms. The van der Waals surface area contributed by atoms with Crippen LogP contribution < -0.4 is 14.9 Å². The van der Waals surface area contributed by atoms with Crippen molar-refractivity contribution in [3.8, 4) is 11.5 Å². The summed E-state index contributed by atoms with van der Waals surface area (Å²) in [5.41, 5.74) is 4.14. The van der Waals surface area contributed by atoms with E-state index in [1.807, 2.05) is 6.92 Å². The van der Waals surface area contributed by atoms with Gasteiger partial charge in [-0.05, 0) is 73.7 Å². The molecule has 0 saturated heterocycles. The van der Waals surface area contributed by atoms with E-state index in [-0.39, 0.29) is 10.6 Å².